The van der Waals surface area contributed by atoms with Crippen LogP contribution in [0.1, 0.15) is 46.3 Å². The number of fused-ring (bicyclic) bond motifs is 1. The highest BCUT2D eigenvalue weighted by molar-refractivity contribution is 6.37. The number of carbonyl (C=O) groups is 1. The van der Waals surface area contributed by atoms with Crippen LogP contribution in [0.4, 0.5) is 0 Å². The van der Waals surface area contributed by atoms with Crippen molar-refractivity contribution in [2.45, 2.75) is 33.2 Å². The quantitative estimate of drug-likeness (QED) is 0.449. The van der Waals surface area contributed by atoms with Crippen LogP contribution in [0.15, 0.2) is 46.6 Å². The lowest BCUT2D eigenvalue weighted by atomic mass is 9.88. The van der Waals surface area contributed by atoms with Gasteiger partial charge in [0.2, 0.25) is 5.78 Å². The van der Waals surface area contributed by atoms with Crippen LogP contribution in [0, 0.1) is 12.8 Å². The van der Waals surface area contributed by atoms with Crippen LogP contribution in [0.2, 0.25) is 0 Å². The molecule has 0 saturated carbocycles. The molecule has 1 aromatic carbocycles. The van der Waals surface area contributed by atoms with Gasteiger partial charge < -0.3 is 15.4 Å². The molecule has 184 valence electrons. The number of ether oxygens (including phenoxy) is 1. The Morgan fingerprint density at radius 3 is 2.74 bits per heavy atom. The van der Waals surface area contributed by atoms with Crippen molar-refractivity contribution in [1.29, 1.82) is 0 Å². The van der Waals surface area contributed by atoms with Crippen molar-refractivity contribution in [2.24, 2.45) is 5.92 Å². The number of aryl methyl sites for hydroxylation is 1. The molecule has 0 fully saturated rings. The van der Waals surface area contributed by atoms with E-state index in [2.05, 4.69) is 27.5 Å². The van der Waals surface area contributed by atoms with E-state index in [0.717, 1.165) is 38.9 Å². The highest BCUT2D eigenvalue weighted by Gasteiger charge is 2.27. The zero-order valence-corrected chi connectivity index (χ0v) is 21.8. The summed E-state index contributed by atoms with van der Waals surface area (Å²) in [6.45, 7) is 5.10. The second-order valence-corrected chi connectivity index (χ2v) is 9.52. The molecule has 7 nitrogen and oxygen atoms in total. The van der Waals surface area contributed by atoms with Gasteiger partial charge in [-0.3, -0.25) is 9.20 Å². The molecule has 1 atom stereocenters. The van der Waals surface area contributed by atoms with Gasteiger partial charge in [0, 0.05) is 40.6 Å². The topological polar surface area (TPSA) is 80.5 Å². The minimum absolute atomic E-state index is 0.0983. The van der Waals surface area contributed by atoms with Gasteiger partial charge in [-0.25, -0.2) is 9.97 Å². The number of methoxy groups -OCH3 is 1. The van der Waals surface area contributed by atoms with E-state index in [4.69, 9.17) is 27.9 Å². The molecular formula is C26H29Cl2N5O2. The summed E-state index contributed by atoms with van der Waals surface area (Å²) in [6.07, 6.45) is 4.87. The Morgan fingerprint density at radius 1 is 1.26 bits per heavy atom. The van der Waals surface area contributed by atoms with Gasteiger partial charge in [0.05, 0.1) is 12.8 Å². The van der Waals surface area contributed by atoms with Crippen LogP contribution in [-0.4, -0.2) is 41.0 Å². The number of nitrogens with zero attached hydrogens (tertiary/aromatic N) is 3. The van der Waals surface area contributed by atoms with Crippen molar-refractivity contribution >= 4 is 40.5 Å². The van der Waals surface area contributed by atoms with Gasteiger partial charge in [-0.1, -0.05) is 48.3 Å². The second kappa shape index (κ2) is 10.8. The first-order valence-electron chi connectivity index (χ1n) is 11.5. The van der Waals surface area contributed by atoms with Crippen LogP contribution in [-0.2, 0) is 13.0 Å². The Morgan fingerprint density at radius 2 is 2.03 bits per heavy atom. The molecule has 1 unspecified atom stereocenters. The Hall–Kier alpha value is -2.87. The third-order valence-corrected chi connectivity index (χ3v) is 6.74. The molecule has 0 radical (unpaired) electrons. The Labute approximate surface area is 215 Å². The van der Waals surface area contributed by atoms with Gasteiger partial charge in [0.25, 0.3) is 5.91 Å². The van der Waals surface area contributed by atoms with E-state index >= 15 is 0 Å². The first kappa shape index (κ1) is 25.2. The Kier molecular flexibility index (Phi) is 7.79. The van der Waals surface area contributed by atoms with Gasteiger partial charge in [0.1, 0.15) is 11.4 Å². The molecule has 1 amide bonds. The molecule has 0 spiro atoms. The molecule has 2 N–H and O–H groups in total. The normalized spacial score (nSPS) is 15.9. The molecule has 35 heavy (non-hydrogen) atoms. The zero-order chi connectivity index (χ0) is 25.1. The second-order valence-electron chi connectivity index (χ2n) is 8.63. The third-order valence-electron chi connectivity index (χ3n) is 6.17. The van der Waals surface area contributed by atoms with E-state index in [9.17, 15) is 4.79 Å². The number of imidazole rings is 1. The summed E-state index contributed by atoms with van der Waals surface area (Å²) >= 11 is 13.0. The van der Waals surface area contributed by atoms with E-state index in [1.54, 1.807) is 19.4 Å². The summed E-state index contributed by atoms with van der Waals surface area (Å²) in [5, 5.41) is 7.50. The number of allylic oxidation sites excluding steroid dienone is 4. The minimum Gasteiger partial charge on any atom is -0.496 e. The van der Waals surface area contributed by atoms with Gasteiger partial charge >= 0.3 is 0 Å². The molecule has 0 saturated heterocycles. The standard InChI is InChI=1S/C26H29Cl2N5O2/c1-15-11-18(27)12-20(28)23(15)24-19(13-29-3)16(2)31-26-32-21(14-33(24)26)25(34)30-10-9-17-7-5-6-8-22(17)35-4/h5-8,12,14-15,29H,9-11,13H2,1-4H3,(H,30,34). The number of amides is 1. The van der Waals surface area contributed by atoms with Gasteiger partial charge in [0.15, 0.2) is 0 Å². The fourth-order valence-corrected chi connectivity index (χ4v) is 5.30. The Balaban J connectivity index is 1.68. The van der Waals surface area contributed by atoms with Crippen LogP contribution < -0.4 is 15.4 Å². The van der Waals surface area contributed by atoms with E-state index in [1.807, 2.05) is 42.6 Å². The first-order chi connectivity index (χ1) is 16.8. The zero-order valence-electron chi connectivity index (χ0n) is 20.3. The first-order valence-corrected chi connectivity index (χ1v) is 12.3. The number of rotatable bonds is 8. The maximum absolute atomic E-state index is 13.0. The van der Waals surface area contributed by atoms with Crippen molar-refractivity contribution < 1.29 is 9.53 Å². The van der Waals surface area contributed by atoms with E-state index in [1.165, 1.54) is 0 Å². The summed E-state index contributed by atoms with van der Waals surface area (Å²) in [6, 6.07) is 7.77. The SMILES string of the molecule is CNCc1c(C)nc2nc(C(=O)NCCc3ccccc3OC)cn2c1C1=C(Cl)C=C(Cl)CC1C. The number of hydrogen-bond donors (Lipinski definition) is 2. The lowest BCUT2D eigenvalue weighted by Crippen LogP contribution is -2.26. The van der Waals surface area contributed by atoms with Crippen molar-refractivity contribution in [3.05, 3.63) is 74.8 Å². The predicted octanol–water partition coefficient (Wildman–Crippen LogP) is 4.85. The number of halogens is 2. The van der Waals surface area contributed by atoms with Crippen molar-refractivity contribution in [3.8, 4) is 5.75 Å². The van der Waals surface area contributed by atoms with Crippen molar-refractivity contribution in [3.63, 3.8) is 0 Å². The smallest absolute Gasteiger partial charge is 0.271 e. The molecule has 3 aromatic rings. The van der Waals surface area contributed by atoms with Crippen LogP contribution in [0.5, 0.6) is 5.75 Å². The molecular weight excluding hydrogens is 485 g/mol. The molecule has 0 bridgehead atoms. The van der Waals surface area contributed by atoms with Gasteiger partial charge in [-0.05, 0) is 56.0 Å². The number of para-hydroxylation sites is 1. The highest BCUT2D eigenvalue weighted by Crippen LogP contribution is 2.40. The maximum atomic E-state index is 13.0. The highest BCUT2D eigenvalue weighted by atomic mass is 35.5. The lowest BCUT2D eigenvalue weighted by Gasteiger charge is -2.25. The van der Waals surface area contributed by atoms with Gasteiger partial charge in [-0.2, -0.15) is 0 Å². The predicted molar refractivity (Wildman–Crippen MR) is 140 cm³/mol. The number of carbonyl (C=O) groups excluding carboxylic acids is 1. The molecule has 0 aliphatic heterocycles. The number of benzene rings is 1. The molecule has 1 aliphatic carbocycles. The lowest BCUT2D eigenvalue weighted by molar-refractivity contribution is 0.0949. The van der Waals surface area contributed by atoms with E-state index in [0.29, 0.717) is 42.4 Å². The third kappa shape index (κ3) is 5.22. The van der Waals surface area contributed by atoms with Crippen molar-refractivity contribution in [2.75, 3.05) is 20.7 Å². The molecule has 2 aromatic heterocycles. The Bertz CT molecular complexity index is 1330. The molecule has 9 heteroatoms. The van der Waals surface area contributed by atoms with Crippen molar-refractivity contribution in [1.82, 2.24) is 25.0 Å². The average Bonchev–Trinajstić information content (AvgIpc) is 3.24. The summed E-state index contributed by atoms with van der Waals surface area (Å²) in [5.74, 6) is 1.10. The summed E-state index contributed by atoms with van der Waals surface area (Å²) in [7, 11) is 3.53. The molecule has 2 heterocycles. The molecule has 1 aliphatic rings. The van der Waals surface area contributed by atoms with Gasteiger partial charge in [-0.15, -0.1) is 0 Å². The fourth-order valence-electron chi connectivity index (χ4n) is 4.50. The van der Waals surface area contributed by atoms with Crippen LogP contribution in [0.25, 0.3) is 11.4 Å². The van der Waals surface area contributed by atoms with E-state index < -0.39 is 0 Å². The molecule has 4 rings (SSSR count). The number of aromatic nitrogens is 3. The number of hydrogen-bond acceptors (Lipinski definition) is 5. The van der Waals surface area contributed by atoms with E-state index in [-0.39, 0.29) is 11.8 Å². The number of nitrogens with one attached hydrogen (secondary N) is 2. The summed E-state index contributed by atoms with van der Waals surface area (Å²) < 4.78 is 7.27. The average molecular weight is 514 g/mol. The largest absolute Gasteiger partial charge is 0.496 e. The monoisotopic (exact) mass is 513 g/mol. The van der Waals surface area contributed by atoms with Crippen LogP contribution in [0.3, 0.4) is 0 Å². The van der Waals surface area contributed by atoms with Crippen LogP contribution >= 0.6 is 23.2 Å². The summed E-state index contributed by atoms with van der Waals surface area (Å²) in [4.78, 5) is 22.2. The summed E-state index contributed by atoms with van der Waals surface area (Å²) in [5.41, 5.74) is 5.04. The fraction of sp³-hybridized carbons (Fsp3) is 0.346. The minimum atomic E-state index is -0.260. The maximum Gasteiger partial charge on any atom is 0.271 e.